The first kappa shape index (κ1) is 21.7. The van der Waals surface area contributed by atoms with E-state index in [1.807, 2.05) is 54.6 Å². The van der Waals surface area contributed by atoms with Crippen molar-refractivity contribution < 1.29 is 18.9 Å². The summed E-state index contributed by atoms with van der Waals surface area (Å²) in [6.07, 6.45) is 0.417. The second-order valence-electron chi connectivity index (χ2n) is 7.79. The highest BCUT2D eigenvalue weighted by Gasteiger charge is 2.36. The number of benzene rings is 3. The first-order valence-electron chi connectivity index (χ1n) is 10.9. The van der Waals surface area contributed by atoms with E-state index in [0.717, 1.165) is 23.1 Å². The van der Waals surface area contributed by atoms with Crippen LogP contribution in [0.25, 0.3) is 0 Å². The minimum Gasteiger partial charge on any atom is -0.374 e. The molecule has 3 unspecified atom stereocenters. The van der Waals surface area contributed by atoms with E-state index in [1.54, 1.807) is 0 Å². The van der Waals surface area contributed by atoms with Crippen molar-refractivity contribution in [1.82, 2.24) is 0 Å². The van der Waals surface area contributed by atoms with Crippen LogP contribution in [-0.2, 0) is 38.8 Å². The Balaban J connectivity index is 1.38. The summed E-state index contributed by atoms with van der Waals surface area (Å²) in [5.74, 6) is 0. The van der Waals surface area contributed by atoms with Crippen LogP contribution in [0, 0.1) is 0 Å². The lowest BCUT2D eigenvalue weighted by atomic mass is 10.0. The zero-order chi connectivity index (χ0) is 21.1. The van der Waals surface area contributed by atoms with E-state index >= 15 is 0 Å². The molecule has 0 aromatic heterocycles. The molecule has 1 aliphatic rings. The third kappa shape index (κ3) is 6.74. The van der Waals surface area contributed by atoms with Crippen molar-refractivity contribution >= 4 is 0 Å². The molecule has 1 fully saturated rings. The molecule has 3 atom stereocenters. The second-order valence-corrected chi connectivity index (χ2v) is 7.79. The highest BCUT2D eigenvalue weighted by Crippen LogP contribution is 2.24. The average molecular weight is 419 g/mol. The fourth-order valence-electron chi connectivity index (χ4n) is 3.78. The molecule has 0 saturated carbocycles. The zero-order valence-corrected chi connectivity index (χ0v) is 17.8. The molecule has 0 amide bonds. The lowest BCUT2D eigenvalue weighted by Gasteiger charge is -2.37. The lowest BCUT2D eigenvalue weighted by molar-refractivity contribution is -0.197. The molecule has 0 bridgehead atoms. The Kier molecular flexibility index (Phi) is 8.25. The fraction of sp³-hybridized carbons (Fsp3) is 0.333. The summed E-state index contributed by atoms with van der Waals surface area (Å²) in [6.45, 7) is 2.76. The fourth-order valence-corrected chi connectivity index (χ4v) is 3.78. The molecule has 0 N–H and O–H groups in total. The topological polar surface area (TPSA) is 36.9 Å². The van der Waals surface area contributed by atoms with Crippen LogP contribution in [0.15, 0.2) is 91.0 Å². The van der Waals surface area contributed by atoms with Crippen LogP contribution in [0.2, 0.25) is 0 Å². The summed E-state index contributed by atoms with van der Waals surface area (Å²) in [5, 5.41) is 0. The number of rotatable bonds is 10. The highest BCUT2D eigenvalue weighted by atomic mass is 16.6. The largest absolute Gasteiger partial charge is 0.374 e. The number of hydrogen-bond acceptors (Lipinski definition) is 4. The van der Waals surface area contributed by atoms with Crippen molar-refractivity contribution in [2.24, 2.45) is 0 Å². The molecule has 4 heteroatoms. The predicted molar refractivity (Wildman–Crippen MR) is 120 cm³/mol. The van der Waals surface area contributed by atoms with E-state index in [0.29, 0.717) is 33.0 Å². The average Bonchev–Trinajstić information content (AvgIpc) is 2.84. The molecule has 0 radical (unpaired) electrons. The Morgan fingerprint density at radius 3 is 1.74 bits per heavy atom. The molecule has 3 aromatic rings. The Morgan fingerprint density at radius 1 is 0.645 bits per heavy atom. The van der Waals surface area contributed by atoms with Crippen LogP contribution < -0.4 is 0 Å². The second kappa shape index (κ2) is 11.8. The van der Waals surface area contributed by atoms with Gasteiger partial charge in [-0.25, -0.2) is 0 Å². The summed E-state index contributed by atoms with van der Waals surface area (Å²) in [7, 11) is 0. The molecule has 3 aromatic carbocycles. The molecule has 31 heavy (non-hydrogen) atoms. The van der Waals surface area contributed by atoms with E-state index in [-0.39, 0.29) is 18.3 Å². The van der Waals surface area contributed by atoms with Crippen LogP contribution >= 0.6 is 0 Å². The van der Waals surface area contributed by atoms with Gasteiger partial charge in [0.05, 0.1) is 32.5 Å². The van der Waals surface area contributed by atoms with Crippen molar-refractivity contribution in [3.63, 3.8) is 0 Å². The van der Waals surface area contributed by atoms with E-state index < -0.39 is 0 Å². The standard InChI is InChI=1S/C27H30O4/c1-4-10-22(11-5-1)18-28-21-26-27(31-20-24-14-8-3-9-15-24)25(16-17-29-26)30-19-23-12-6-2-7-13-23/h1-15,25-27H,16-21H2. The Labute approximate surface area is 184 Å². The Morgan fingerprint density at radius 2 is 1.16 bits per heavy atom. The van der Waals surface area contributed by atoms with E-state index in [4.69, 9.17) is 18.9 Å². The van der Waals surface area contributed by atoms with Gasteiger partial charge in [0.15, 0.2) is 0 Å². The number of ether oxygens (including phenoxy) is 4. The van der Waals surface area contributed by atoms with E-state index in [9.17, 15) is 0 Å². The van der Waals surface area contributed by atoms with Crippen molar-refractivity contribution in [3.05, 3.63) is 108 Å². The molecular weight excluding hydrogens is 388 g/mol. The van der Waals surface area contributed by atoms with Gasteiger partial charge in [-0.15, -0.1) is 0 Å². The van der Waals surface area contributed by atoms with Gasteiger partial charge in [-0.1, -0.05) is 91.0 Å². The van der Waals surface area contributed by atoms with Gasteiger partial charge < -0.3 is 18.9 Å². The summed E-state index contributed by atoms with van der Waals surface area (Å²) in [5.41, 5.74) is 3.45. The minimum atomic E-state index is -0.187. The monoisotopic (exact) mass is 418 g/mol. The first-order chi connectivity index (χ1) is 15.4. The van der Waals surface area contributed by atoms with Crippen LogP contribution in [-0.4, -0.2) is 31.5 Å². The van der Waals surface area contributed by atoms with E-state index in [2.05, 4.69) is 36.4 Å². The molecule has 1 saturated heterocycles. The first-order valence-corrected chi connectivity index (χ1v) is 10.9. The van der Waals surface area contributed by atoms with Crippen molar-refractivity contribution in [1.29, 1.82) is 0 Å². The normalized spacial score (nSPS) is 21.1. The smallest absolute Gasteiger partial charge is 0.113 e. The van der Waals surface area contributed by atoms with Crippen LogP contribution in [0.5, 0.6) is 0 Å². The minimum absolute atomic E-state index is 0.0389. The zero-order valence-electron chi connectivity index (χ0n) is 17.8. The Bertz CT molecular complexity index is 870. The maximum absolute atomic E-state index is 6.36. The third-order valence-corrected chi connectivity index (χ3v) is 5.45. The van der Waals surface area contributed by atoms with E-state index in [1.165, 1.54) is 0 Å². The molecule has 1 aliphatic heterocycles. The van der Waals surface area contributed by atoms with Gasteiger partial charge >= 0.3 is 0 Å². The SMILES string of the molecule is c1ccc(COCC2OCCC(OCc3ccccc3)C2OCc2ccccc2)cc1. The van der Waals surface area contributed by atoms with Crippen molar-refractivity contribution in [2.45, 2.75) is 44.6 Å². The van der Waals surface area contributed by atoms with Crippen molar-refractivity contribution in [2.75, 3.05) is 13.2 Å². The van der Waals surface area contributed by atoms with Gasteiger partial charge in [-0.2, -0.15) is 0 Å². The van der Waals surface area contributed by atoms with Crippen molar-refractivity contribution in [3.8, 4) is 0 Å². The van der Waals surface area contributed by atoms with Crippen LogP contribution in [0.4, 0.5) is 0 Å². The summed E-state index contributed by atoms with van der Waals surface area (Å²) >= 11 is 0. The maximum atomic E-state index is 6.36. The number of hydrogen-bond donors (Lipinski definition) is 0. The molecule has 4 nitrogen and oxygen atoms in total. The lowest BCUT2D eigenvalue weighted by Crippen LogP contribution is -2.49. The van der Waals surface area contributed by atoms with Gasteiger partial charge in [-0.05, 0) is 23.1 Å². The summed E-state index contributed by atoms with van der Waals surface area (Å²) < 4.78 is 24.7. The van der Waals surface area contributed by atoms with Crippen LogP contribution in [0.1, 0.15) is 23.1 Å². The molecular formula is C27H30O4. The predicted octanol–water partition coefficient (Wildman–Crippen LogP) is 5.16. The Hall–Kier alpha value is -2.50. The molecule has 162 valence electrons. The quantitative estimate of drug-likeness (QED) is 0.456. The van der Waals surface area contributed by atoms with Gasteiger partial charge in [0.1, 0.15) is 12.2 Å². The molecule has 0 aliphatic carbocycles. The third-order valence-electron chi connectivity index (χ3n) is 5.45. The van der Waals surface area contributed by atoms with Gasteiger partial charge in [0.25, 0.3) is 0 Å². The highest BCUT2D eigenvalue weighted by molar-refractivity contribution is 5.15. The van der Waals surface area contributed by atoms with Gasteiger partial charge in [0.2, 0.25) is 0 Å². The van der Waals surface area contributed by atoms with Gasteiger partial charge in [0, 0.05) is 6.61 Å². The maximum Gasteiger partial charge on any atom is 0.113 e. The summed E-state index contributed by atoms with van der Waals surface area (Å²) in [6, 6.07) is 30.7. The van der Waals surface area contributed by atoms with Crippen LogP contribution in [0.3, 0.4) is 0 Å². The molecule has 1 heterocycles. The molecule has 4 rings (SSSR count). The van der Waals surface area contributed by atoms with Gasteiger partial charge in [-0.3, -0.25) is 0 Å². The molecule has 0 spiro atoms. The summed E-state index contributed by atoms with van der Waals surface area (Å²) in [4.78, 5) is 0.